The molecule has 0 saturated heterocycles. The van der Waals surface area contributed by atoms with E-state index in [1.165, 1.54) is 32.8 Å². The SMILES string of the molecule is COc1cc(CN(C(=S)NC(=O)c2cc(Cl)cc(Cl)c2OC)C2CCCCC2)ccc1OCC(N)=O. The largest absolute Gasteiger partial charge is 0.494 e. The third-order valence-electron chi connectivity index (χ3n) is 5.90. The quantitative estimate of drug-likeness (QED) is 0.433. The molecular formula is C25H29Cl2N3O5S. The molecule has 2 aromatic carbocycles. The standard InChI is InChI=1S/C25H29Cl2N3O5S/c1-33-21-10-15(8-9-20(21)35-14-22(28)31)13-30(17-6-4-3-5-7-17)25(36)29-24(32)18-11-16(26)12-19(27)23(18)34-2/h8-12,17H,3-7,13-14H2,1-2H3,(H2,28,31)(H,29,32,36). The monoisotopic (exact) mass is 553 g/mol. The number of nitrogens with two attached hydrogens (primary N) is 1. The molecule has 36 heavy (non-hydrogen) atoms. The average molecular weight is 554 g/mol. The summed E-state index contributed by atoms with van der Waals surface area (Å²) >= 11 is 18.0. The van der Waals surface area contributed by atoms with Gasteiger partial charge in [-0.05, 0) is 54.9 Å². The first-order valence-corrected chi connectivity index (χ1v) is 12.6. The molecule has 1 saturated carbocycles. The van der Waals surface area contributed by atoms with Crippen LogP contribution in [0.3, 0.4) is 0 Å². The minimum Gasteiger partial charge on any atom is -0.494 e. The van der Waals surface area contributed by atoms with Crippen molar-refractivity contribution in [3.05, 3.63) is 51.5 Å². The van der Waals surface area contributed by atoms with Crippen molar-refractivity contribution in [3.63, 3.8) is 0 Å². The molecule has 194 valence electrons. The summed E-state index contributed by atoms with van der Waals surface area (Å²) in [6, 6.07) is 8.56. The molecule has 3 rings (SSSR count). The van der Waals surface area contributed by atoms with Crippen LogP contribution in [0.2, 0.25) is 10.0 Å². The lowest BCUT2D eigenvalue weighted by Gasteiger charge is -2.36. The number of hydrogen-bond acceptors (Lipinski definition) is 6. The van der Waals surface area contributed by atoms with E-state index in [0.717, 1.165) is 31.2 Å². The molecule has 8 nitrogen and oxygen atoms in total. The third-order valence-corrected chi connectivity index (χ3v) is 6.74. The van der Waals surface area contributed by atoms with Gasteiger partial charge in [0.2, 0.25) is 0 Å². The maximum Gasteiger partial charge on any atom is 0.261 e. The molecule has 0 heterocycles. The molecule has 0 unspecified atom stereocenters. The second kappa shape index (κ2) is 13.0. The molecule has 0 radical (unpaired) electrons. The Morgan fingerprint density at radius 2 is 1.81 bits per heavy atom. The normalized spacial score (nSPS) is 13.6. The Labute approximate surface area is 226 Å². The summed E-state index contributed by atoms with van der Waals surface area (Å²) < 4.78 is 16.2. The predicted molar refractivity (Wildman–Crippen MR) is 143 cm³/mol. The highest BCUT2D eigenvalue weighted by atomic mass is 35.5. The van der Waals surface area contributed by atoms with Crippen molar-refractivity contribution in [1.29, 1.82) is 0 Å². The minimum atomic E-state index is -0.580. The van der Waals surface area contributed by atoms with E-state index in [1.807, 2.05) is 17.0 Å². The van der Waals surface area contributed by atoms with Gasteiger partial charge in [0, 0.05) is 17.6 Å². The van der Waals surface area contributed by atoms with Crippen LogP contribution in [0.15, 0.2) is 30.3 Å². The highest BCUT2D eigenvalue weighted by Crippen LogP contribution is 2.33. The van der Waals surface area contributed by atoms with Crippen LogP contribution in [0.5, 0.6) is 17.2 Å². The number of carbonyl (C=O) groups excluding carboxylic acids is 2. The predicted octanol–water partition coefficient (Wildman–Crippen LogP) is 4.72. The van der Waals surface area contributed by atoms with Gasteiger partial charge in [-0.25, -0.2) is 0 Å². The molecule has 1 fully saturated rings. The summed E-state index contributed by atoms with van der Waals surface area (Å²) in [5.74, 6) is 0.0516. The first-order valence-electron chi connectivity index (χ1n) is 11.5. The Hall–Kier alpha value is -2.75. The number of hydrogen-bond donors (Lipinski definition) is 2. The van der Waals surface area contributed by atoms with E-state index >= 15 is 0 Å². The van der Waals surface area contributed by atoms with Gasteiger partial charge in [-0.15, -0.1) is 0 Å². The molecule has 0 atom stereocenters. The molecule has 0 aliphatic heterocycles. The van der Waals surface area contributed by atoms with Crippen molar-refractivity contribution < 1.29 is 23.8 Å². The van der Waals surface area contributed by atoms with Crippen molar-refractivity contribution in [2.75, 3.05) is 20.8 Å². The fraction of sp³-hybridized carbons (Fsp3) is 0.400. The fourth-order valence-electron chi connectivity index (χ4n) is 4.21. The minimum absolute atomic E-state index is 0.160. The second-order valence-electron chi connectivity index (χ2n) is 8.39. The maximum absolute atomic E-state index is 13.2. The Bertz CT molecular complexity index is 1130. The number of nitrogens with zero attached hydrogens (tertiary/aromatic N) is 1. The highest BCUT2D eigenvalue weighted by molar-refractivity contribution is 7.80. The molecule has 2 aromatic rings. The summed E-state index contributed by atoms with van der Waals surface area (Å²) in [6.45, 7) is 0.181. The lowest BCUT2D eigenvalue weighted by atomic mass is 9.94. The number of methoxy groups -OCH3 is 2. The van der Waals surface area contributed by atoms with Gasteiger partial charge in [0.15, 0.2) is 23.2 Å². The van der Waals surface area contributed by atoms with E-state index in [9.17, 15) is 9.59 Å². The van der Waals surface area contributed by atoms with Crippen molar-refractivity contribution in [2.24, 2.45) is 5.73 Å². The summed E-state index contributed by atoms with van der Waals surface area (Å²) in [4.78, 5) is 26.3. The van der Waals surface area contributed by atoms with Gasteiger partial charge in [0.1, 0.15) is 5.75 Å². The van der Waals surface area contributed by atoms with Crippen molar-refractivity contribution in [2.45, 2.75) is 44.7 Å². The lowest BCUT2D eigenvalue weighted by molar-refractivity contribution is -0.119. The molecule has 0 spiro atoms. The zero-order valence-electron chi connectivity index (χ0n) is 20.1. The van der Waals surface area contributed by atoms with Gasteiger partial charge in [0.05, 0.1) is 24.8 Å². The van der Waals surface area contributed by atoms with Crippen LogP contribution in [-0.2, 0) is 11.3 Å². The maximum atomic E-state index is 13.2. The number of thiocarbonyl (C=S) groups is 1. The molecule has 1 aliphatic carbocycles. The molecular weight excluding hydrogens is 525 g/mol. The lowest BCUT2D eigenvalue weighted by Crippen LogP contribution is -2.48. The number of ether oxygens (including phenoxy) is 3. The van der Waals surface area contributed by atoms with Crippen LogP contribution in [0.1, 0.15) is 48.0 Å². The third kappa shape index (κ3) is 7.15. The first-order chi connectivity index (χ1) is 17.2. The topological polar surface area (TPSA) is 103 Å². The Balaban J connectivity index is 1.84. The zero-order chi connectivity index (χ0) is 26.2. The van der Waals surface area contributed by atoms with Crippen LogP contribution in [0.4, 0.5) is 0 Å². The van der Waals surface area contributed by atoms with Gasteiger partial charge in [-0.3, -0.25) is 14.9 Å². The molecule has 3 N–H and O–H groups in total. The smallest absolute Gasteiger partial charge is 0.261 e. The summed E-state index contributed by atoms with van der Waals surface area (Å²) in [5, 5.41) is 3.66. The molecule has 0 aromatic heterocycles. The summed E-state index contributed by atoms with van der Waals surface area (Å²) in [6.07, 6.45) is 5.25. The number of amides is 2. The number of benzene rings is 2. The summed E-state index contributed by atoms with van der Waals surface area (Å²) in [7, 11) is 2.95. The fourth-order valence-corrected chi connectivity index (χ4v) is 5.08. The van der Waals surface area contributed by atoms with Crippen LogP contribution in [0.25, 0.3) is 0 Å². The van der Waals surface area contributed by atoms with Crippen LogP contribution < -0.4 is 25.3 Å². The van der Waals surface area contributed by atoms with Crippen LogP contribution in [0, 0.1) is 0 Å². The van der Waals surface area contributed by atoms with Gasteiger partial charge < -0.3 is 24.8 Å². The van der Waals surface area contributed by atoms with Gasteiger partial charge >= 0.3 is 0 Å². The number of rotatable bonds is 9. The first kappa shape index (κ1) is 27.8. The second-order valence-corrected chi connectivity index (χ2v) is 9.62. The van der Waals surface area contributed by atoms with E-state index in [4.69, 9.17) is 55.4 Å². The number of carbonyl (C=O) groups is 2. The zero-order valence-corrected chi connectivity index (χ0v) is 22.5. The average Bonchev–Trinajstić information content (AvgIpc) is 2.86. The van der Waals surface area contributed by atoms with E-state index in [-0.39, 0.29) is 34.1 Å². The van der Waals surface area contributed by atoms with Crippen molar-refractivity contribution in [3.8, 4) is 17.2 Å². The van der Waals surface area contributed by atoms with Crippen LogP contribution >= 0.6 is 35.4 Å². The number of nitrogens with one attached hydrogen (secondary N) is 1. The van der Waals surface area contributed by atoms with E-state index < -0.39 is 11.8 Å². The van der Waals surface area contributed by atoms with Gasteiger partial charge in [-0.2, -0.15) is 0 Å². The van der Waals surface area contributed by atoms with E-state index in [0.29, 0.717) is 23.1 Å². The van der Waals surface area contributed by atoms with Crippen LogP contribution in [-0.4, -0.2) is 48.7 Å². The summed E-state index contributed by atoms with van der Waals surface area (Å²) in [5.41, 5.74) is 6.26. The Morgan fingerprint density at radius 3 is 2.44 bits per heavy atom. The highest BCUT2D eigenvalue weighted by Gasteiger charge is 2.26. The van der Waals surface area contributed by atoms with Gasteiger partial charge in [-0.1, -0.05) is 48.5 Å². The Morgan fingerprint density at radius 1 is 1.08 bits per heavy atom. The van der Waals surface area contributed by atoms with E-state index in [2.05, 4.69) is 5.32 Å². The Kier molecular flexibility index (Phi) is 10.0. The van der Waals surface area contributed by atoms with Crippen molar-refractivity contribution >= 4 is 52.3 Å². The molecule has 1 aliphatic rings. The van der Waals surface area contributed by atoms with Crippen molar-refractivity contribution in [1.82, 2.24) is 10.2 Å². The number of primary amides is 1. The van der Waals surface area contributed by atoms with E-state index in [1.54, 1.807) is 6.07 Å². The molecule has 2 amide bonds. The van der Waals surface area contributed by atoms with Gasteiger partial charge in [0.25, 0.3) is 11.8 Å². The number of halogens is 2. The molecule has 11 heteroatoms. The molecule has 0 bridgehead atoms.